The lowest BCUT2D eigenvalue weighted by Crippen LogP contribution is -2.44. The third-order valence-corrected chi connectivity index (χ3v) is 6.88. The van der Waals surface area contributed by atoms with Crippen molar-refractivity contribution in [3.63, 3.8) is 0 Å². The van der Waals surface area contributed by atoms with E-state index in [9.17, 15) is 9.59 Å². The van der Waals surface area contributed by atoms with Gasteiger partial charge in [-0.2, -0.15) is 0 Å². The third kappa shape index (κ3) is 5.64. The van der Waals surface area contributed by atoms with Crippen LogP contribution in [0.15, 0.2) is 34.2 Å². The van der Waals surface area contributed by atoms with Crippen molar-refractivity contribution >= 4 is 28.6 Å². The van der Waals surface area contributed by atoms with Crippen LogP contribution in [0.4, 0.5) is 0 Å². The first kappa shape index (κ1) is 22.8. The van der Waals surface area contributed by atoms with Gasteiger partial charge in [0.15, 0.2) is 5.16 Å². The molecule has 3 atom stereocenters. The van der Waals surface area contributed by atoms with Gasteiger partial charge in [0, 0.05) is 25.8 Å². The summed E-state index contributed by atoms with van der Waals surface area (Å²) in [7, 11) is 0. The Morgan fingerprint density at radius 3 is 2.87 bits per heavy atom. The second kappa shape index (κ2) is 11.0. The number of para-hydroxylation sites is 1. The van der Waals surface area contributed by atoms with Gasteiger partial charge >= 0.3 is 0 Å². The summed E-state index contributed by atoms with van der Waals surface area (Å²) in [6, 6.07) is 7.62. The summed E-state index contributed by atoms with van der Waals surface area (Å²) in [6.45, 7) is 7.83. The number of benzene rings is 1. The fourth-order valence-corrected chi connectivity index (χ4v) is 4.89. The van der Waals surface area contributed by atoms with Crippen LogP contribution in [-0.2, 0) is 16.1 Å². The summed E-state index contributed by atoms with van der Waals surface area (Å²) >= 11 is 1.36. The first-order chi connectivity index (χ1) is 14.5. The van der Waals surface area contributed by atoms with Crippen LogP contribution >= 0.6 is 11.8 Å². The van der Waals surface area contributed by atoms with Gasteiger partial charge in [0.1, 0.15) is 0 Å². The summed E-state index contributed by atoms with van der Waals surface area (Å²) in [5.74, 6) is 0.525. The largest absolute Gasteiger partial charge is 0.382 e. The lowest BCUT2D eigenvalue weighted by molar-refractivity contribution is -0.121. The van der Waals surface area contributed by atoms with Crippen LogP contribution in [0, 0.1) is 5.92 Å². The molecule has 1 aliphatic carbocycles. The smallest absolute Gasteiger partial charge is 0.262 e. The second-order valence-corrected chi connectivity index (χ2v) is 9.36. The minimum Gasteiger partial charge on any atom is -0.382 e. The van der Waals surface area contributed by atoms with Crippen molar-refractivity contribution < 1.29 is 9.53 Å². The van der Waals surface area contributed by atoms with Crippen molar-refractivity contribution in [3.05, 3.63) is 34.6 Å². The molecule has 1 heterocycles. The highest BCUT2D eigenvalue weighted by Gasteiger charge is 2.26. The van der Waals surface area contributed by atoms with E-state index in [0.29, 0.717) is 41.7 Å². The van der Waals surface area contributed by atoms with Crippen molar-refractivity contribution in [2.45, 2.75) is 75.9 Å². The molecular formula is C23H33N3O3S. The predicted octanol–water partition coefficient (Wildman–Crippen LogP) is 4.00. The van der Waals surface area contributed by atoms with Crippen molar-refractivity contribution in [2.75, 3.05) is 13.2 Å². The highest BCUT2D eigenvalue weighted by atomic mass is 32.2. The Labute approximate surface area is 182 Å². The maximum absolute atomic E-state index is 13.1. The van der Waals surface area contributed by atoms with Gasteiger partial charge in [0.2, 0.25) is 5.91 Å². The Morgan fingerprint density at radius 2 is 2.10 bits per heavy atom. The number of thioether (sulfide) groups is 1. The first-order valence-corrected chi connectivity index (χ1v) is 11.9. The topological polar surface area (TPSA) is 73.2 Å². The molecule has 1 aromatic heterocycles. The normalized spacial score (nSPS) is 20.2. The molecule has 164 valence electrons. The van der Waals surface area contributed by atoms with E-state index < -0.39 is 0 Å². The van der Waals surface area contributed by atoms with Gasteiger partial charge < -0.3 is 10.1 Å². The monoisotopic (exact) mass is 431 g/mol. The number of carbonyl (C=O) groups excluding carboxylic acids is 1. The van der Waals surface area contributed by atoms with Crippen LogP contribution in [0.5, 0.6) is 0 Å². The molecular weight excluding hydrogens is 398 g/mol. The predicted molar refractivity (Wildman–Crippen MR) is 122 cm³/mol. The van der Waals surface area contributed by atoms with Gasteiger partial charge in [-0.1, -0.05) is 43.7 Å². The second-order valence-electron chi connectivity index (χ2n) is 8.06. The molecule has 1 saturated carbocycles. The standard InChI is InChI=1S/C23H33N3O3S/c1-4-29-15-9-14-26-22(28)18-11-6-8-13-20(18)25-23(26)30-17(3)21(27)24-19-12-7-5-10-16(19)2/h6,8,11,13,16-17,19H,4-5,7,9-10,12,14-15H2,1-3H3,(H,24,27)/t16-,17+,19+/m0/s1. The molecule has 1 aliphatic rings. The number of fused-ring (bicyclic) bond motifs is 1. The molecule has 0 unspecified atom stereocenters. The Morgan fingerprint density at radius 1 is 1.33 bits per heavy atom. The number of ether oxygens (including phenoxy) is 1. The van der Waals surface area contributed by atoms with Crippen molar-refractivity contribution in [2.24, 2.45) is 5.92 Å². The molecule has 1 fully saturated rings. The van der Waals surface area contributed by atoms with E-state index >= 15 is 0 Å². The van der Waals surface area contributed by atoms with Crippen LogP contribution in [0.1, 0.15) is 52.9 Å². The van der Waals surface area contributed by atoms with E-state index in [4.69, 9.17) is 9.72 Å². The molecule has 30 heavy (non-hydrogen) atoms. The zero-order valence-corrected chi connectivity index (χ0v) is 19.0. The molecule has 1 aromatic carbocycles. The number of rotatable bonds is 9. The van der Waals surface area contributed by atoms with E-state index in [0.717, 1.165) is 19.3 Å². The maximum atomic E-state index is 13.1. The summed E-state index contributed by atoms with van der Waals surface area (Å²) in [4.78, 5) is 30.7. The van der Waals surface area contributed by atoms with Crippen LogP contribution in [-0.4, -0.2) is 40.0 Å². The zero-order valence-electron chi connectivity index (χ0n) is 18.2. The quantitative estimate of drug-likeness (QED) is 0.369. The van der Waals surface area contributed by atoms with Crippen molar-refractivity contribution in [1.29, 1.82) is 0 Å². The molecule has 6 nitrogen and oxygen atoms in total. The van der Waals surface area contributed by atoms with Crippen LogP contribution in [0.3, 0.4) is 0 Å². The fourth-order valence-electron chi connectivity index (χ4n) is 3.95. The van der Waals surface area contributed by atoms with Crippen molar-refractivity contribution in [1.82, 2.24) is 14.9 Å². The number of nitrogens with one attached hydrogen (secondary N) is 1. The molecule has 0 saturated heterocycles. The lowest BCUT2D eigenvalue weighted by atomic mass is 9.86. The van der Waals surface area contributed by atoms with E-state index in [2.05, 4.69) is 12.2 Å². The van der Waals surface area contributed by atoms with Crippen molar-refractivity contribution in [3.8, 4) is 0 Å². The van der Waals surface area contributed by atoms with Gasteiger partial charge in [-0.3, -0.25) is 14.2 Å². The Hall–Kier alpha value is -1.86. The average molecular weight is 432 g/mol. The highest BCUT2D eigenvalue weighted by Crippen LogP contribution is 2.26. The minimum atomic E-state index is -0.328. The average Bonchev–Trinajstić information content (AvgIpc) is 2.74. The zero-order chi connectivity index (χ0) is 21.5. The Kier molecular flexibility index (Phi) is 8.33. The molecule has 7 heteroatoms. The SMILES string of the molecule is CCOCCCn1c(S[C@H](C)C(=O)N[C@@H]2CCCC[C@@H]2C)nc2ccccc2c1=O. The van der Waals surface area contributed by atoms with Gasteiger partial charge in [-0.05, 0) is 51.2 Å². The molecule has 0 spiro atoms. The minimum absolute atomic E-state index is 0.0158. The third-order valence-electron chi connectivity index (χ3n) is 5.79. The molecule has 3 rings (SSSR count). The van der Waals surface area contributed by atoms with Crippen LogP contribution < -0.4 is 10.9 Å². The molecule has 2 aromatic rings. The molecule has 1 N–H and O–H groups in total. The van der Waals surface area contributed by atoms with E-state index in [1.165, 1.54) is 24.6 Å². The Bertz CT molecular complexity index is 914. The number of nitrogens with zero attached hydrogens (tertiary/aromatic N) is 2. The molecule has 0 bridgehead atoms. The summed E-state index contributed by atoms with van der Waals surface area (Å²) in [5, 5.41) is 4.09. The first-order valence-electron chi connectivity index (χ1n) is 11.1. The van der Waals surface area contributed by atoms with E-state index in [1.807, 2.05) is 32.0 Å². The number of carbonyl (C=O) groups is 1. The van der Waals surface area contributed by atoms with Crippen LogP contribution in [0.2, 0.25) is 0 Å². The van der Waals surface area contributed by atoms with Gasteiger partial charge in [-0.15, -0.1) is 0 Å². The summed E-state index contributed by atoms with van der Waals surface area (Å²) < 4.78 is 7.12. The van der Waals surface area contributed by atoms with Crippen LogP contribution in [0.25, 0.3) is 10.9 Å². The lowest BCUT2D eigenvalue weighted by Gasteiger charge is -2.30. The summed E-state index contributed by atoms with van der Waals surface area (Å²) in [5.41, 5.74) is 0.604. The van der Waals surface area contributed by atoms with Gasteiger partial charge in [-0.25, -0.2) is 4.98 Å². The number of hydrogen-bond donors (Lipinski definition) is 1. The van der Waals surface area contributed by atoms with Gasteiger partial charge in [0.25, 0.3) is 5.56 Å². The van der Waals surface area contributed by atoms with Gasteiger partial charge in [0.05, 0.1) is 16.2 Å². The Balaban J connectivity index is 1.78. The number of amides is 1. The number of aromatic nitrogens is 2. The molecule has 1 amide bonds. The number of hydrogen-bond acceptors (Lipinski definition) is 5. The summed E-state index contributed by atoms with van der Waals surface area (Å²) in [6.07, 6.45) is 5.34. The van der Waals surface area contributed by atoms with E-state index in [1.54, 1.807) is 10.6 Å². The highest BCUT2D eigenvalue weighted by molar-refractivity contribution is 8.00. The molecule has 0 radical (unpaired) electrons. The van der Waals surface area contributed by atoms with E-state index in [-0.39, 0.29) is 22.8 Å². The molecule has 0 aliphatic heterocycles. The maximum Gasteiger partial charge on any atom is 0.262 e. The fraction of sp³-hybridized carbons (Fsp3) is 0.609.